The molecule has 1 aliphatic rings. The fourth-order valence-electron chi connectivity index (χ4n) is 2.56. The predicted molar refractivity (Wildman–Crippen MR) is 78.6 cm³/mol. The van der Waals surface area contributed by atoms with Gasteiger partial charge < -0.3 is 10.0 Å². The van der Waals surface area contributed by atoms with Crippen molar-refractivity contribution in [3.63, 3.8) is 0 Å². The Hall–Kier alpha value is -1.39. The monoisotopic (exact) mass is 274 g/mol. The highest BCUT2D eigenvalue weighted by atomic mass is 32.1. The zero-order valence-corrected chi connectivity index (χ0v) is 11.9. The van der Waals surface area contributed by atoms with E-state index in [0.717, 1.165) is 41.6 Å². The van der Waals surface area contributed by atoms with Gasteiger partial charge in [0.15, 0.2) is 5.13 Å². The fourth-order valence-corrected chi connectivity index (χ4v) is 3.60. The van der Waals surface area contributed by atoms with Gasteiger partial charge in [-0.3, -0.25) is 0 Å². The summed E-state index contributed by atoms with van der Waals surface area (Å²) in [4.78, 5) is 8.02. The first kappa shape index (κ1) is 12.6. The third-order valence-corrected chi connectivity index (χ3v) is 4.79. The molecule has 0 aliphatic carbocycles. The summed E-state index contributed by atoms with van der Waals surface area (Å²) in [6.45, 7) is 4.13. The number of thiazole rings is 1. The van der Waals surface area contributed by atoms with E-state index in [1.165, 1.54) is 11.1 Å². The van der Waals surface area contributed by atoms with Crippen LogP contribution in [-0.2, 0) is 26.0 Å². The van der Waals surface area contributed by atoms with E-state index in [4.69, 9.17) is 0 Å². The van der Waals surface area contributed by atoms with Crippen LogP contribution in [0.2, 0.25) is 0 Å². The number of aryl methyl sites for hydroxylation is 1. The molecule has 19 heavy (non-hydrogen) atoms. The third kappa shape index (κ3) is 2.38. The van der Waals surface area contributed by atoms with Gasteiger partial charge in [-0.1, -0.05) is 42.5 Å². The number of aliphatic hydroxyl groups excluding tert-OH is 1. The molecule has 3 nitrogen and oxygen atoms in total. The number of fused-ring (bicyclic) bond motifs is 1. The highest BCUT2D eigenvalue weighted by molar-refractivity contribution is 7.15. The van der Waals surface area contributed by atoms with Crippen LogP contribution in [0, 0.1) is 0 Å². The first-order valence-electron chi connectivity index (χ1n) is 6.73. The molecule has 0 spiro atoms. The van der Waals surface area contributed by atoms with Crippen LogP contribution in [0.15, 0.2) is 24.3 Å². The molecule has 0 fully saturated rings. The van der Waals surface area contributed by atoms with Crippen molar-refractivity contribution in [3.8, 4) is 0 Å². The molecule has 0 unspecified atom stereocenters. The van der Waals surface area contributed by atoms with E-state index < -0.39 is 0 Å². The number of rotatable bonds is 3. The highest BCUT2D eigenvalue weighted by Crippen LogP contribution is 2.30. The van der Waals surface area contributed by atoms with Crippen LogP contribution in [-0.4, -0.2) is 16.6 Å². The molecule has 1 aliphatic heterocycles. The van der Waals surface area contributed by atoms with Crippen molar-refractivity contribution in [2.24, 2.45) is 0 Å². The molecule has 1 N–H and O–H groups in total. The molecular weight excluding hydrogens is 256 g/mol. The van der Waals surface area contributed by atoms with Gasteiger partial charge in [0.2, 0.25) is 0 Å². The van der Waals surface area contributed by atoms with Gasteiger partial charge in [0.05, 0.1) is 17.2 Å². The zero-order valence-electron chi connectivity index (χ0n) is 11.1. The van der Waals surface area contributed by atoms with Gasteiger partial charge >= 0.3 is 0 Å². The Bertz CT molecular complexity index is 558. The molecule has 3 rings (SSSR count). The lowest BCUT2D eigenvalue weighted by Crippen LogP contribution is -2.30. The van der Waals surface area contributed by atoms with Crippen molar-refractivity contribution < 1.29 is 5.11 Å². The van der Waals surface area contributed by atoms with Crippen LogP contribution in [0.5, 0.6) is 0 Å². The topological polar surface area (TPSA) is 36.4 Å². The van der Waals surface area contributed by atoms with Crippen molar-refractivity contribution in [1.82, 2.24) is 4.98 Å². The van der Waals surface area contributed by atoms with Gasteiger partial charge in [-0.2, -0.15) is 0 Å². The van der Waals surface area contributed by atoms with Crippen LogP contribution < -0.4 is 4.90 Å². The second-order valence-electron chi connectivity index (χ2n) is 4.82. The number of aliphatic hydroxyl groups is 1. The molecule has 0 saturated carbocycles. The highest BCUT2D eigenvalue weighted by Gasteiger charge is 2.20. The summed E-state index contributed by atoms with van der Waals surface area (Å²) in [5.74, 6) is 0. The van der Waals surface area contributed by atoms with Crippen molar-refractivity contribution >= 4 is 16.5 Å². The number of anilines is 1. The minimum atomic E-state index is 0.102. The van der Waals surface area contributed by atoms with Gasteiger partial charge in [0.25, 0.3) is 0 Å². The van der Waals surface area contributed by atoms with Gasteiger partial charge in [-0.25, -0.2) is 4.98 Å². The number of hydrogen-bond acceptors (Lipinski definition) is 4. The van der Waals surface area contributed by atoms with E-state index in [9.17, 15) is 5.11 Å². The molecule has 100 valence electrons. The molecule has 1 aromatic carbocycles. The van der Waals surface area contributed by atoms with E-state index in [1.54, 1.807) is 11.3 Å². The van der Waals surface area contributed by atoms with Crippen molar-refractivity contribution in [1.29, 1.82) is 0 Å². The van der Waals surface area contributed by atoms with E-state index in [0.29, 0.717) is 0 Å². The molecule has 0 atom stereocenters. The van der Waals surface area contributed by atoms with Gasteiger partial charge in [0.1, 0.15) is 0 Å². The Morgan fingerprint density at radius 1 is 1.32 bits per heavy atom. The van der Waals surface area contributed by atoms with Crippen molar-refractivity contribution in [2.75, 3.05) is 11.4 Å². The lowest BCUT2D eigenvalue weighted by molar-refractivity contribution is 0.284. The Morgan fingerprint density at radius 2 is 2.11 bits per heavy atom. The summed E-state index contributed by atoms with van der Waals surface area (Å²) < 4.78 is 0. The van der Waals surface area contributed by atoms with E-state index in [-0.39, 0.29) is 6.61 Å². The molecule has 0 saturated heterocycles. The van der Waals surface area contributed by atoms with Crippen LogP contribution in [0.25, 0.3) is 0 Å². The Balaban J connectivity index is 1.86. The van der Waals surface area contributed by atoms with E-state index in [1.807, 2.05) is 0 Å². The average Bonchev–Trinajstić information content (AvgIpc) is 2.90. The maximum atomic E-state index is 9.37. The quantitative estimate of drug-likeness (QED) is 0.935. The largest absolute Gasteiger partial charge is 0.391 e. The summed E-state index contributed by atoms with van der Waals surface area (Å²) in [5.41, 5.74) is 3.89. The Kier molecular flexibility index (Phi) is 3.53. The number of benzene rings is 1. The first-order chi connectivity index (χ1) is 9.31. The van der Waals surface area contributed by atoms with Gasteiger partial charge in [0, 0.05) is 13.1 Å². The second kappa shape index (κ2) is 5.31. The van der Waals surface area contributed by atoms with Gasteiger partial charge in [-0.15, -0.1) is 0 Å². The first-order valence-corrected chi connectivity index (χ1v) is 7.54. The molecule has 0 radical (unpaired) electrons. The SMILES string of the molecule is CCc1nc(N2CCc3ccccc3C2)sc1CO. The predicted octanol–water partition coefficient (Wildman–Crippen LogP) is 2.76. The summed E-state index contributed by atoms with van der Waals surface area (Å²) >= 11 is 1.63. The maximum Gasteiger partial charge on any atom is 0.186 e. The van der Waals surface area contributed by atoms with Crippen molar-refractivity contribution in [3.05, 3.63) is 46.0 Å². The van der Waals surface area contributed by atoms with E-state index >= 15 is 0 Å². The summed E-state index contributed by atoms with van der Waals surface area (Å²) in [7, 11) is 0. The molecule has 0 bridgehead atoms. The minimum absolute atomic E-state index is 0.102. The standard InChI is InChI=1S/C15H18N2OS/c1-2-13-14(10-18)19-15(16-13)17-8-7-11-5-3-4-6-12(11)9-17/h3-6,18H,2,7-10H2,1H3. The zero-order chi connectivity index (χ0) is 13.2. The lowest BCUT2D eigenvalue weighted by atomic mass is 10.0. The normalized spacial score (nSPS) is 14.5. The fraction of sp³-hybridized carbons (Fsp3) is 0.400. The Morgan fingerprint density at radius 3 is 2.79 bits per heavy atom. The van der Waals surface area contributed by atoms with Crippen LogP contribution >= 0.6 is 11.3 Å². The van der Waals surface area contributed by atoms with Crippen molar-refractivity contribution in [2.45, 2.75) is 32.9 Å². The smallest absolute Gasteiger partial charge is 0.186 e. The summed E-state index contributed by atoms with van der Waals surface area (Å²) in [5, 5.41) is 10.4. The van der Waals surface area contributed by atoms with Crippen LogP contribution in [0.4, 0.5) is 5.13 Å². The maximum absolute atomic E-state index is 9.37. The Labute approximate surface area is 117 Å². The average molecular weight is 274 g/mol. The molecule has 0 amide bonds. The van der Waals surface area contributed by atoms with Crippen LogP contribution in [0.1, 0.15) is 28.6 Å². The second-order valence-corrected chi connectivity index (χ2v) is 5.88. The number of aromatic nitrogens is 1. The number of nitrogens with zero attached hydrogens (tertiary/aromatic N) is 2. The number of hydrogen-bond donors (Lipinski definition) is 1. The molecule has 1 aromatic heterocycles. The summed E-state index contributed by atoms with van der Waals surface area (Å²) in [6.07, 6.45) is 1.96. The molecular formula is C15H18N2OS. The van der Waals surface area contributed by atoms with Gasteiger partial charge in [-0.05, 0) is 24.0 Å². The summed E-state index contributed by atoms with van der Waals surface area (Å²) in [6, 6.07) is 8.62. The molecule has 2 aromatic rings. The van der Waals surface area contributed by atoms with E-state index in [2.05, 4.69) is 41.1 Å². The van der Waals surface area contributed by atoms with Crippen LogP contribution in [0.3, 0.4) is 0 Å². The minimum Gasteiger partial charge on any atom is -0.391 e. The third-order valence-electron chi connectivity index (χ3n) is 3.65. The lowest BCUT2D eigenvalue weighted by Gasteiger charge is -2.28. The molecule has 2 heterocycles. The molecule has 4 heteroatoms.